The molecule has 0 spiro atoms. The van der Waals surface area contributed by atoms with Crippen molar-refractivity contribution in [1.29, 1.82) is 0 Å². The fourth-order valence-electron chi connectivity index (χ4n) is 1.75. The average Bonchev–Trinajstić information content (AvgIpc) is 2.31. The summed E-state index contributed by atoms with van der Waals surface area (Å²) in [4.78, 5) is 8.06. The lowest BCUT2D eigenvalue weighted by atomic mass is 9.89. The molecule has 0 saturated carbocycles. The van der Waals surface area contributed by atoms with Gasteiger partial charge in [-0.05, 0) is 20.4 Å². The first-order valence-electron chi connectivity index (χ1n) is 5.15. The molecule has 0 aliphatic rings. The first kappa shape index (κ1) is 12.1. The van der Waals surface area contributed by atoms with Gasteiger partial charge in [-0.3, -0.25) is 0 Å². The Bertz CT molecular complexity index is 285. The van der Waals surface area contributed by atoms with Crippen molar-refractivity contribution >= 4 is 0 Å². The van der Waals surface area contributed by atoms with E-state index in [2.05, 4.69) is 29.1 Å². The zero-order valence-corrected chi connectivity index (χ0v) is 9.82. The molecule has 1 heterocycles. The van der Waals surface area contributed by atoms with Gasteiger partial charge in [0.2, 0.25) is 0 Å². The molecule has 0 aliphatic heterocycles. The molecule has 0 saturated heterocycles. The summed E-state index contributed by atoms with van der Waals surface area (Å²) in [7, 11) is 3.65. The predicted molar refractivity (Wildman–Crippen MR) is 59.5 cm³/mol. The summed E-state index contributed by atoms with van der Waals surface area (Å²) < 4.78 is 5.58. The van der Waals surface area contributed by atoms with Gasteiger partial charge in [0.25, 0.3) is 0 Å². The van der Waals surface area contributed by atoms with Crippen LogP contribution in [0.25, 0.3) is 0 Å². The molecule has 0 aliphatic carbocycles. The number of nitrogens with one attached hydrogen (secondary N) is 1. The number of hydrogen-bond donors (Lipinski definition) is 1. The van der Waals surface area contributed by atoms with Crippen LogP contribution in [0, 0.1) is 0 Å². The van der Waals surface area contributed by atoms with Crippen LogP contribution in [-0.4, -0.2) is 29.7 Å². The molecule has 84 valence electrons. The topological polar surface area (TPSA) is 47.0 Å². The molecule has 4 nitrogen and oxygen atoms in total. The van der Waals surface area contributed by atoms with E-state index in [0.717, 1.165) is 12.0 Å². The van der Waals surface area contributed by atoms with Crippen LogP contribution in [0.5, 0.6) is 0 Å². The van der Waals surface area contributed by atoms with Crippen molar-refractivity contribution < 1.29 is 4.74 Å². The number of nitrogens with zero attached hydrogens (tertiary/aromatic N) is 2. The lowest BCUT2D eigenvalue weighted by Crippen LogP contribution is -2.41. The third kappa shape index (κ3) is 2.52. The van der Waals surface area contributed by atoms with E-state index in [-0.39, 0.29) is 11.6 Å². The molecule has 0 bridgehead atoms. The number of likely N-dealkylation sites (N-methyl/N-ethyl adjacent to an activating group) is 1. The summed E-state index contributed by atoms with van der Waals surface area (Å²) in [6.07, 6.45) is 6.10. The fourth-order valence-corrected chi connectivity index (χ4v) is 1.75. The van der Waals surface area contributed by atoms with E-state index in [1.807, 2.05) is 19.4 Å². The Morgan fingerprint density at radius 3 is 2.47 bits per heavy atom. The first-order chi connectivity index (χ1) is 7.18. The van der Waals surface area contributed by atoms with Crippen LogP contribution >= 0.6 is 0 Å². The van der Waals surface area contributed by atoms with Crippen LogP contribution < -0.4 is 5.32 Å². The second-order valence-corrected chi connectivity index (χ2v) is 3.76. The minimum Gasteiger partial charge on any atom is -0.377 e. The molecule has 0 radical (unpaired) electrons. The summed E-state index contributed by atoms with van der Waals surface area (Å²) in [6.45, 7) is 4.19. The van der Waals surface area contributed by atoms with Crippen LogP contribution in [0.2, 0.25) is 0 Å². The highest BCUT2D eigenvalue weighted by molar-refractivity contribution is 5.14. The van der Waals surface area contributed by atoms with Crippen LogP contribution in [0.15, 0.2) is 18.7 Å². The summed E-state index contributed by atoms with van der Waals surface area (Å²) in [6, 6.07) is 0.105. The quantitative estimate of drug-likeness (QED) is 0.799. The maximum Gasteiger partial charge on any atom is 0.115 e. The molecule has 1 rings (SSSR count). The van der Waals surface area contributed by atoms with E-state index in [1.165, 1.54) is 6.33 Å². The Labute approximate surface area is 91.1 Å². The van der Waals surface area contributed by atoms with Crippen molar-refractivity contribution in [2.75, 3.05) is 14.2 Å². The molecule has 1 aromatic rings. The van der Waals surface area contributed by atoms with E-state index < -0.39 is 0 Å². The molecule has 2 unspecified atom stereocenters. The Hall–Kier alpha value is -1.00. The Kier molecular flexibility index (Phi) is 4.17. The number of aromatic nitrogens is 2. The molecular formula is C11H19N3O. The SMILES string of the molecule is CCC(C)(OC)C(NC)c1cncnc1. The lowest BCUT2D eigenvalue weighted by Gasteiger charge is -2.35. The number of hydrogen-bond acceptors (Lipinski definition) is 4. The predicted octanol–water partition coefficient (Wildman–Crippen LogP) is 1.55. The number of methoxy groups -OCH3 is 1. The number of ether oxygens (including phenoxy) is 1. The van der Waals surface area contributed by atoms with Gasteiger partial charge in [0.1, 0.15) is 6.33 Å². The van der Waals surface area contributed by atoms with Gasteiger partial charge >= 0.3 is 0 Å². The van der Waals surface area contributed by atoms with E-state index in [9.17, 15) is 0 Å². The van der Waals surface area contributed by atoms with Crippen LogP contribution in [0.3, 0.4) is 0 Å². The van der Waals surface area contributed by atoms with Crippen molar-refractivity contribution in [2.45, 2.75) is 31.9 Å². The maximum atomic E-state index is 5.58. The Morgan fingerprint density at radius 2 is 2.07 bits per heavy atom. The molecular weight excluding hydrogens is 190 g/mol. The number of rotatable bonds is 5. The van der Waals surface area contributed by atoms with Crippen LogP contribution in [0.4, 0.5) is 0 Å². The highest BCUT2D eigenvalue weighted by Crippen LogP contribution is 2.30. The summed E-state index contributed by atoms with van der Waals surface area (Å²) in [5, 5.41) is 3.26. The van der Waals surface area contributed by atoms with Gasteiger partial charge in [0.05, 0.1) is 11.6 Å². The van der Waals surface area contributed by atoms with Gasteiger partial charge in [-0.2, -0.15) is 0 Å². The molecule has 0 fully saturated rings. The minimum atomic E-state index is -0.237. The largest absolute Gasteiger partial charge is 0.377 e. The molecule has 2 atom stereocenters. The molecule has 1 aromatic heterocycles. The molecule has 15 heavy (non-hydrogen) atoms. The maximum absolute atomic E-state index is 5.58. The van der Waals surface area contributed by atoms with Gasteiger partial charge in [0, 0.05) is 25.1 Å². The highest BCUT2D eigenvalue weighted by atomic mass is 16.5. The van der Waals surface area contributed by atoms with Crippen molar-refractivity contribution in [2.24, 2.45) is 0 Å². The normalized spacial score (nSPS) is 17.1. The standard InChI is InChI=1S/C11H19N3O/c1-5-11(2,15-4)10(12-3)9-6-13-8-14-7-9/h6-8,10,12H,5H2,1-4H3. The third-order valence-corrected chi connectivity index (χ3v) is 2.98. The van der Waals surface area contributed by atoms with Crippen LogP contribution in [-0.2, 0) is 4.74 Å². The van der Waals surface area contributed by atoms with E-state index in [4.69, 9.17) is 4.74 Å². The monoisotopic (exact) mass is 209 g/mol. The lowest BCUT2D eigenvalue weighted by molar-refractivity contribution is -0.0282. The van der Waals surface area contributed by atoms with Crippen molar-refractivity contribution in [1.82, 2.24) is 15.3 Å². The molecule has 0 aromatic carbocycles. The second-order valence-electron chi connectivity index (χ2n) is 3.76. The van der Waals surface area contributed by atoms with E-state index in [0.29, 0.717) is 0 Å². The zero-order chi connectivity index (χ0) is 11.3. The van der Waals surface area contributed by atoms with Crippen molar-refractivity contribution in [3.63, 3.8) is 0 Å². The van der Waals surface area contributed by atoms with Crippen molar-refractivity contribution in [3.05, 3.63) is 24.3 Å². The Morgan fingerprint density at radius 1 is 1.47 bits per heavy atom. The van der Waals surface area contributed by atoms with E-state index in [1.54, 1.807) is 7.11 Å². The van der Waals surface area contributed by atoms with Crippen molar-refractivity contribution in [3.8, 4) is 0 Å². The fraction of sp³-hybridized carbons (Fsp3) is 0.636. The van der Waals surface area contributed by atoms with Gasteiger partial charge in [-0.15, -0.1) is 0 Å². The summed E-state index contributed by atoms with van der Waals surface area (Å²) >= 11 is 0. The first-order valence-corrected chi connectivity index (χ1v) is 5.15. The Balaban J connectivity index is 2.98. The third-order valence-electron chi connectivity index (χ3n) is 2.98. The average molecular weight is 209 g/mol. The minimum absolute atomic E-state index is 0.105. The molecule has 1 N–H and O–H groups in total. The van der Waals surface area contributed by atoms with Gasteiger partial charge in [-0.25, -0.2) is 9.97 Å². The summed E-state index contributed by atoms with van der Waals surface area (Å²) in [5.74, 6) is 0. The highest BCUT2D eigenvalue weighted by Gasteiger charge is 2.32. The van der Waals surface area contributed by atoms with Gasteiger partial charge < -0.3 is 10.1 Å². The van der Waals surface area contributed by atoms with E-state index >= 15 is 0 Å². The summed E-state index contributed by atoms with van der Waals surface area (Å²) in [5.41, 5.74) is 0.811. The second kappa shape index (κ2) is 5.19. The van der Waals surface area contributed by atoms with Crippen LogP contribution in [0.1, 0.15) is 31.9 Å². The van der Waals surface area contributed by atoms with Gasteiger partial charge in [0.15, 0.2) is 0 Å². The zero-order valence-electron chi connectivity index (χ0n) is 9.82. The molecule has 0 amide bonds. The smallest absolute Gasteiger partial charge is 0.115 e. The molecule has 4 heteroatoms. The van der Waals surface area contributed by atoms with Gasteiger partial charge in [-0.1, -0.05) is 6.92 Å².